The number of benzene rings is 2. The van der Waals surface area contributed by atoms with Crippen LogP contribution >= 0.6 is 0 Å². The Morgan fingerprint density at radius 2 is 1.79 bits per heavy atom. The zero-order valence-corrected chi connectivity index (χ0v) is 15.9. The van der Waals surface area contributed by atoms with Gasteiger partial charge in [-0.25, -0.2) is 9.37 Å². The van der Waals surface area contributed by atoms with Crippen LogP contribution in [0.5, 0.6) is 0 Å². The fraction of sp³-hybridized carbons (Fsp3) is 0.261. The van der Waals surface area contributed by atoms with Gasteiger partial charge < -0.3 is 10.7 Å². The Morgan fingerprint density at radius 3 is 2.59 bits per heavy atom. The molecule has 1 fully saturated rings. The molecule has 2 heterocycles. The summed E-state index contributed by atoms with van der Waals surface area (Å²) < 4.78 is 13.8. The Balaban J connectivity index is 1.37. The normalized spacial score (nSPS) is 19.6. The van der Waals surface area contributed by atoms with Crippen LogP contribution in [0.2, 0.25) is 0 Å². The molecule has 0 aliphatic heterocycles. The van der Waals surface area contributed by atoms with E-state index in [4.69, 9.17) is 10.7 Å². The van der Waals surface area contributed by atoms with Crippen molar-refractivity contribution in [2.24, 2.45) is 5.73 Å². The molecular formula is C23H21FN4O. The molecule has 29 heavy (non-hydrogen) atoms. The van der Waals surface area contributed by atoms with E-state index < -0.39 is 5.91 Å². The number of fused-ring (bicyclic) bond motifs is 2. The van der Waals surface area contributed by atoms with Gasteiger partial charge in [-0.3, -0.25) is 9.78 Å². The molecule has 4 aromatic rings. The maximum atomic E-state index is 13.8. The lowest BCUT2D eigenvalue weighted by Gasteiger charge is -2.28. The first-order valence-electron chi connectivity index (χ1n) is 9.92. The fourth-order valence-electron chi connectivity index (χ4n) is 4.55. The molecule has 2 aromatic heterocycles. The monoisotopic (exact) mass is 388 g/mol. The van der Waals surface area contributed by atoms with Crippen LogP contribution in [0.1, 0.15) is 59.3 Å². The Bertz CT molecular complexity index is 1220. The second-order valence-corrected chi connectivity index (χ2v) is 7.83. The fourth-order valence-corrected chi connectivity index (χ4v) is 4.55. The first kappa shape index (κ1) is 17.8. The van der Waals surface area contributed by atoms with Crippen LogP contribution in [0.3, 0.4) is 0 Å². The van der Waals surface area contributed by atoms with Crippen LogP contribution in [0.4, 0.5) is 4.39 Å². The largest absolute Gasteiger partial charge is 0.366 e. The maximum absolute atomic E-state index is 13.8. The van der Waals surface area contributed by atoms with Gasteiger partial charge in [-0.15, -0.1) is 0 Å². The lowest BCUT2D eigenvalue weighted by atomic mass is 9.77. The number of amides is 1. The molecule has 2 aromatic carbocycles. The van der Waals surface area contributed by atoms with Crippen molar-refractivity contribution in [3.05, 3.63) is 71.4 Å². The standard InChI is InChI=1S/C23H21FN4O/c24-16-6-8-19-18(12-16)17(9-10-26-19)13-1-3-14(4-2-13)23-27-20-7-5-15(22(25)29)11-21(20)28-23/h5-14H,1-4H2,(H2,25,29)(H,27,28)/t13-,14-. The van der Waals surface area contributed by atoms with E-state index in [1.54, 1.807) is 24.3 Å². The third-order valence-electron chi connectivity index (χ3n) is 6.08. The van der Waals surface area contributed by atoms with Gasteiger partial charge in [0.1, 0.15) is 11.6 Å². The number of rotatable bonds is 3. The summed E-state index contributed by atoms with van der Waals surface area (Å²) in [7, 11) is 0. The Morgan fingerprint density at radius 1 is 1.00 bits per heavy atom. The minimum absolute atomic E-state index is 0.224. The van der Waals surface area contributed by atoms with Gasteiger partial charge >= 0.3 is 0 Å². The molecule has 5 rings (SSSR count). The number of aromatic amines is 1. The number of nitrogens with two attached hydrogens (primary N) is 1. The van der Waals surface area contributed by atoms with E-state index in [2.05, 4.69) is 9.97 Å². The van der Waals surface area contributed by atoms with Crippen molar-refractivity contribution >= 4 is 27.8 Å². The van der Waals surface area contributed by atoms with Crippen molar-refractivity contribution in [2.45, 2.75) is 37.5 Å². The summed E-state index contributed by atoms with van der Waals surface area (Å²) in [5, 5.41) is 0.915. The predicted molar refractivity (Wildman–Crippen MR) is 110 cm³/mol. The highest BCUT2D eigenvalue weighted by Gasteiger charge is 2.26. The third kappa shape index (κ3) is 3.24. The summed E-state index contributed by atoms with van der Waals surface area (Å²) in [6, 6.07) is 12.1. The highest BCUT2D eigenvalue weighted by Crippen LogP contribution is 2.41. The molecule has 0 unspecified atom stereocenters. The average Bonchev–Trinajstić information content (AvgIpc) is 3.17. The number of carbonyl (C=O) groups is 1. The molecule has 0 atom stereocenters. The minimum Gasteiger partial charge on any atom is -0.366 e. The van der Waals surface area contributed by atoms with Crippen molar-refractivity contribution in [1.29, 1.82) is 0 Å². The summed E-state index contributed by atoms with van der Waals surface area (Å²) >= 11 is 0. The molecule has 1 saturated carbocycles. The van der Waals surface area contributed by atoms with Crippen LogP contribution in [-0.2, 0) is 0 Å². The Labute approximate surface area is 167 Å². The van der Waals surface area contributed by atoms with Crippen LogP contribution in [0.15, 0.2) is 48.7 Å². The number of hydrogen-bond acceptors (Lipinski definition) is 3. The van der Waals surface area contributed by atoms with Crippen molar-refractivity contribution in [3.8, 4) is 0 Å². The number of nitrogens with zero attached hydrogens (tertiary/aromatic N) is 2. The van der Waals surface area contributed by atoms with Crippen molar-refractivity contribution in [3.63, 3.8) is 0 Å². The number of imidazole rings is 1. The molecule has 0 spiro atoms. The molecule has 146 valence electrons. The molecule has 5 nitrogen and oxygen atoms in total. The van der Waals surface area contributed by atoms with E-state index in [0.29, 0.717) is 17.4 Å². The number of hydrogen-bond donors (Lipinski definition) is 2. The molecule has 1 amide bonds. The van der Waals surface area contributed by atoms with Crippen LogP contribution in [0.25, 0.3) is 21.9 Å². The minimum atomic E-state index is -0.446. The first-order valence-corrected chi connectivity index (χ1v) is 9.92. The van der Waals surface area contributed by atoms with Crippen molar-refractivity contribution < 1.29 is 9.18 Å². The van der Waals surface area contributed by atoms with Gasteiger partial charge in [0.25, 0.3) is 0 Å². The summed E-state index contributed by atoms with van der Waals surface area (Å²) in [6.45, 7) is 0. The molecule has 3 N–H and O–H groups in total. The van der Waals surface area contributed by atoms with E-state index in [0.717, 1.165) is 53.4 Å². The number of aromatic nitrogens is 3. The first-order chi connectivity index (χ1) is 14.1. The Kier molecular flexibility index (Phi) is 4.27. The summed E-state index contributed by atoms with van der Waals surface area (Å²) in [6.07, 6.45) is 5.86. The number of halogens is 1. The highest BCUT2D eigenvalue weighted by molar-refractivity contribution is 5.96. The van der Waals surface area contributed by atoms with Gasteiger partial charge in [0, 0.05) is 23.1 Å². The predicted octanol–water partition coefficient (Wildman–Crippen LogP) is 4.79. The van der Waals surface area contributed by atoms with E-state index in [9.17, 15) is 9.18 Å². The maximum Gasteiger partial charge on any atom is 0.248 e. The smallest absolute Gasteiger partial charge is 0.248 e. The SMILES string of the molecule is NC(=O)c1ccc2[nH]c([C@H]3CC[C@H](c4ccnc5ccc(F)cc54)CC3)nc2c1. The van der Waals surface area contributed by atoms with Gasteiger partial charge in [0.15, 0.2) is 0 Å². The topological polar surface area (TPSA) is 84.7 Å². The number of primary amides is 1. The molecule has 0 radical (unpaired) electrons. The lowest BCUT2D eigenvalue weighted by molar-refractivity contribution is 0.100. The number of pyridine rings is 1. The molecule has 1 aliphatic rings. The molecule has 1 aliphatic carbocycles. The zero-order chi connectivity index (χ0) is 20.0. The summed E-state index contributed by atoms with van der Waals surface area (Å²) in [4.78, 5) is 23.9. The number of H-pyrrole nitrogens is 1. The van der Waals surface area contributed by atoms with Crippen LogP contribution in [0, 0.1) is 5.82 Å². The number of carbonyl (C=O) groups excluding carboxylic acids is 1. The van der Waals surface area contributed by atoms with Gasteiger partial charge in [-0.1, -0.05) is 0 Å². The molecule has 0 saturated heterocycles. The van der Waals surface area contributed by atoms with E-state index in [1.165, 1.54) is 11.6 Å². The summed E-state index contributed by atoms with van der Waals surface area (Å²) in [5.41, 5.74) is 9.55. The average molecular weight is 388 g/mol. The van der Waals surface area contributed by atoms with Crippen LogP contribution < -0.4 is 5.73 Å². The quantitative estimate of drug-likeness (QED) is 0.529. The zero-order valence-electron chi connectivity index (χ0n) is 15.9. The highest BCUT2D eigenvalue weighted by atomic mass is 19.1. The van der Waals surface area contributed by atoms with E-state index in [1.807, 2.05) is 18.3 Å². The molecule has 0 bridgehead atoms. The third-order valence-corrected chi connectivity index (χ3v) is 6.08. The molecular weight excluding hydrogens is 367 g/mol. The summed E-state index contributed by atoms with van der Waals surface area (Å²) in [5.74, 6) is 1.03. The van der Waals surface area contributed by atoms with E-state index in [-0.39, 0.29) is 5.82 Å². The second-order valence-electron chi connectivity index (χ2n) is 7.83. The van der Waals surface area contributed by atoms with Gasteiger partial charge in [-0.2, -0.15) is 0 Å². The van der Waals surface area contributed by atoms with E-state index >= 15 is 0 Å². The van der Waals surface area contributed by atoms with Crippen molar-refractivity contribution in [1.82, 2.24) is 15.0 Å². The molecule has 6 heteroatoms. The van der Waals surface area contributed by atoms with Crippen LogP contribution in [-0.4, -0.2) is 20.9 Å². The Hall–Kier alpha value is -3.28. The number of nitrogens with one attached hydrogen (secondary N) is 1. The van der Waals surface area contributed by atoms with Gasteiger partial charge in [-0.05, 0) is 79.6 Å². The van der Waals surface area contributed by atoms with Gasteiger partial charge in [0.05, 0.1) is 16.6 Å². The lowest BCUT2D eigenvalue weighted by Crippen LogP contribution is -2.13. The van der Waals surface area contributed by atoms with Crippen molar-refractivity contribution in [2.75, 3.05) is 0 Å². The second kappa shape index (κ2) is 6.95. The van der Waals surface area contributed by atoms with Gasteiger partial charge in [0.2, 0.25) is 5.91 Å².